The molecule has 0 spiro atoms. The standard InChI is InChI=1S/C31H34F3N3O4S/c1-22-10-8-11-24(18-22)20-36(23(2)30(39)35-26-13-6-7-14-26)29(38)21-37(42(40,41)28-16-4-3-5-17-28)27-15-9-12-25(19-27)31(32,33)34/h3-5,8-12,15-19,23,26H,6-7,13-14,20-21H2,1-2H3,(H,35,39)/t23-/m0/s1. The first-order valence-electron chi connectivity index (χ1n) is 13.8. The first-order valence-corrected chi connectivity index (χ1v) is 15.2. The van der Waals surface area contributed by atoms with Gasteiger partial charge in [-0.05, 0) is 62.6 Å². The van der Waals surface area contributed by atoms with Crippen molar-refractivity contribution in [3.05, 3.63) is 95.6 Å². The maximum absolute atomic E-state index is 14.0. The van der Waals surface area contributed by atoms with E-state index in [4.69, 9.17) is 0 Å². The van der Waals surface area contributed by atoms with Crippen LogP contribution in [0.5, 0.6) is 0 Å². The highest BCUT2D eigenvalue weighted by Gasteiger charge is 2.35. The molecule has 224 valence electrons. The van der Waals surface area contributed by atoms with E-state index in [1.807, 2.05) is 25.1 Å². The van der Waals surface area contributed by atoms with Gasteiger partial charge in [0, 0.05) is 12.6 Å². The molecule has 0 radical (unpaired) electrons. The first kappa shape index (κ1) is 31.1. The number of anilines is 1. The minimum Gasteiger partial charge on any atom is -0.352 e. The van der Waals surface area contributed by atoms with E-state index in [9.17, 15) is 31.2 Å². The molecule has 3 aromatic rings. The monoisotopic (exact) mass is 601 g/mol. The van der Waals surface area contributed by atoms with Crippen LogP contribution in [0, 0.1) is 6.92 Å². The molecule has 0 unspecified atom stereocenters. The van der Waals surface area contributed by atoms with Crippen LogP contribution < -0.4 is 9.62 Å². The topological polar surface area (TPSA) is 86.8 Å². The van der Waals surface area contributed by atoms with Gasteiger partial charge in [-0.2, -0.15) is 13.2 Å². The number of alkyl halides is 3. The maximum atomic E-state index is 14.0. The molecule has 0 aromatic heterocycles. The molecular formula is C31H34F3N3O4S. The number of carbonyl (C=O) groups excluding carboxylic acids is 2. The molecule has 0 saturated heterocycles. The summed E-state index contributed by atoms with van der Waals surface area (Å²) in [7, 11) is -4.47. The number of rotatable bonds is 10. The molecule has 42 heavy (non-hydrogen) atoms. The fourth-order valence-corrected chi connectivity index (χ4v) is 6.49. The number of halogens is 3. The normalized spacial score (nSPS) is 14.8. The molecule has 0 aliphatic heterocycles. The van der Waals surface area contributed by atoms with Gasteiger partial charge in [0.05, 0.1) is 16.1 Å². The highest BCUT2D eigenvalue weighted by molar-refractivity contribution is 7.92. The van der Waals surface area contributed by atoms with Crippen molar-refractivity contribution in [3.63, 3.8) is 0 Å². The van der Waals surface area contributed by atoms with E-state index in [1.165, 1.54) is 35.2 Å². The van der Waals surface area contributed by atoms with Crippen LogP contribution in [0.1, 0.15) is 49.3 Å². The smallest absolute Gasteiger partial charge is 0.352 e. The van der Waals surface area contributed by atoms with E-state index in [-0.39, 0.29) is 29.1 Å². The van der Waals surface area contributed by atoms with Gasteiger partial charge in [0.1, 0.15) is 12.6 Å². The van der Waals surface area contributed by atoms with Crippen LogP contribution in [0.3, 0.4) is 0 Å². The van der Waals surface area contributed by atoms with Gasteiger partial charge >= 0.3 is 6.18 Å². The van der Waals surface area contributed by atoms with Crippen molar-refractivity contribution >= 4 is 27.5 Å². The van der Waals surface area contributed by atoms with Gasteiger partial charge in [0.2, 0.25) is 11.8 Å². The SMILES string of the molecule is Cc1cccc(CN(C(=O)CN(c2cccc(C(F)(F)F)c2)S(=O)(=O)c2ccccc2)[C@@H](C)C(=O)NC2CCCC2)c1. The van der Waals surface area contributed by atoms with Crippen molar-refractivity contribution < 1.29 is 31.2 Å². The quantitative estimate of drug-likeness (QED) is 0.324. The molecule has 1 aliphatic rings. The molecule has 7 nitrogen and oxygen atoms in total. The van der Waals surface area contributed by atoms with Gasteiger partial charge in [0.15, 0.2) is 0 Å². The number of sulfonamides is 1. The maximum Gasteiger partial charge on any atom is 0.416 e. The number of benzene rings is 3. The van der Waals surface area contributed by atoms with Gasteiger partial charge in [-0.3, -0.25) is 13.9 Å². The summed E-state index contributed by atoms with van der Waals surface area (Å²) in [5.41, 5.74) is 0.280. The van der Waals surface area contributed by atoms with E-state index in [0.29, 0.717) is 10.4 Å². The number of nitrogens with zero attached hydrogens (tertiary/aromatic N) is 2. The lowest BCUT2D eigenvalue weighted by Crippen LogP contribution is -2.52. The van der Waals surface area contributed by atoms with Gasteiger partial charge < -0.3 is 10.2 Å². The van der Waals surface area contributed by atoms with Crippen LogP contribution >= 0.6 is 0 Å². The second kappa shape index (κ2) is 13.0. The Morgan fingerprint density at radius 2 is 1.62 bits per heavy atom. The van der Waals surface area contributed by atoms with Gasteiger partial charge in [-0.25, -0.2) is 8.42 Å². The number of carbonyl (C=O) groups is 2. The minimum atomic E-state index is -4.73. The van der Waals surface area contributed by atoms with Gasteiger partial charge in [-0.1, -0.05) is 66.9 Å². The van der Waals surface area contributed by atoms with Crippen LogP contribution in [0.4, 0.5) is 18.9 Å². The van der Waals surface area contributed by atoms with Gasteiger partial charge in [0.25, 0.3) is 10.0 Å². The predicted molar refractivity (Wildman–Crippen MR) is 154 cm³/mol. The van der Waals surface area contributed by atoms with Gasteiger partial charge in [-0.15, -0.1) is 0 Å². The molecule has 1 N–H and O–H groups in total. The molecule has 1 fully saturated rings. The number of hydrogen-bond acceptors (Lipinski definition) is 4. The third-order valence-corrected chi connectivity index (χ3v) is 9.16. The Hall–Kier alpha value is -3.86. The lowest BCUT2D eigenvalue weighted by atomic mass is 10.1. The summed E-state index contributed by atoms with van der Waals surface area (Å²) >= 11 is 0. The van der Waals surface area contributed by atoms with Crippen LogP contribution in [-0.2, 0) is 32.3 Å². The molecule has 0 heterocycles. The Bertz CT molecular complexity index is 1510. The average Bonchev–Trinajstić information content (AvgIpc) is 3.47. The minimum absolute atomic E-state index is 0.00157. The zero-order valence-corrected chi connectivity index (χ0v) is 24.3. The molecule has 0 bridgehead atoms. The zero-order chi connectivity index (χ0) is 30.5. The molecule has 4 rings (SSSR count). The van der Waals surface area contributed by atoms with E-state index in [0.717, 1.165) is 48.9 Å². The molecular weight excluding hydrogens is 567 g/mol. The molecule has 1 aliphatic carbocycles. The number of aryl methyl sites for hydroxylation is 1. The fourth-order valence-electron chi connectivity index (χ4n) is 5.07. The van der Waals surface area contributed by atoms with Crippen molar-refractivity contribution in [3.8, 4) is 0 Å². The Morgan fingerprint density at radius 3 is 2.26 bits per heavy atom. The first-order chi connectivity index (χ1) is 19.9. The van der Waals surface area contributed by atoms with E-state index in [2.05, 4.69) is 5.32 Å². The third kappa shape index (κ3) is 7.50. The second-order valence-corrected chi connectivity index (χ2v) is 12.4. The molecule has 1 saturated carbocycles. The lowest BCUT2D eigenvalue weighted by Gasteiger charge is -2.32. The summed E-state index contributed by atoms with van der Waals surface area (Å²) < 4.78 is 69.0. The van der Waals surface area contributed by atoms with Crippen molar-refractivity contribution in [2.24, 2.45) is 0 Å². The third-order valence-electron chi connectivity index (χ3n) is 7.38. The zero-order valence-electron chi connectivity index (χ0n) is 23.5. The fraction of sp³-hybridized carbons (Fsp3) is 0.355. The Morgan fingerprint density at radius 1 is 0.952 bits per heavy atom. The largest absolute Gasteiger partial charge is 0.416 e. The molecule has 1 atom stereocenters. The van der Waals surface area contributed by atoms with Crippen molar-refractivity contribution in [2.75, 3.05) is 10.8 Å². The molecule has 2 amide bonds. The second-order valence-electron chi connectivity index (χ2n) is 10.5. The summed E-state index contributed by atoms with van der Waals surface area (Å²) in [6, 6.07) is 17.4. The van der Waals surface area contributed by atoms with Crippen LogP contribution in [0.25, 0.3) is 0 Å². The lowest BCUT2D eigenvalue weighted by molar-refractivity contribution is -0.139. The predicted octanol–water partition coefficient (Wildman–Crippen LogP) is 5.69. The highest BCUT2D eigenvalue weighted by atomic mass is 32.2. The molecule has 3 aromatic carbocycles. The van der Waals surface area contributed by atoms with Crippen LogP contribution in [0.15, 0.2) is 83.8 Å². The number of nitrogens with one attached hydrogen (secondary N) is 1. The molecule has 11 heteroatoms. The summed E-state index contributed by atoms with van der Waals surface area (Å²) in [6.45, 7) is 2.64. The van der Waals surface area contributed by atoms with Crippen molar-refractivity contribution in [1.82, 2.24) is 10.2 Å². The number of amides is 2. The van der Waals surface area contributed by atoms with Crippen molar-refractivity contribution in [2.45, 2.75) is 69.2 Å². The Kier molecular flexibility index (Phi) is 9.60. The van der Waals surface area contributed by atoms with E-state index < -0.39 is 40.3 Å². The Balaban J connectivity index is 1.72. The van der Waals surface area contributed by atoms with Crippen LogP contribution in [-0.4, -0.2) is 43.8 Å². The summed E-state index contributed by atoms with van der Waals surface area (Å²) in [4.78, 5) is 28.3. The van der Waals surface area contributed by atoms with Crippen LogP contribution in [0.2, 0.25) is 0 Å². The Labute approximate surface area is 244 Å². The average molecular weight is 602 g/mol. The summed E-state index contributed by atoms with van der Waals surface area (Å²) in [6.07, 6.45) is -1.07. The highest BCUT2D eigenvalue weighted by Crippen LogP contribution is 2.33. The summed E-state index contributed by atoms with van der Waals surface area (Å²) in [5.74, 6) is -1.11. The van der Waals surface area contributed by atoms with E-state index in [1.54, 1.807) is 19.1 Å². The number of hydrogen-bond donors (Lipinski definition) is 1. The van der Waals surface area contributed by atoms with E-state index >= 15 is 0 Å². The summed E-state index contributed by atoms with van der Waals surface area (Å²) in [5, 5.41) is 2.99. The van der Waals surface area contributed by atoms with Crippen molar-refractivity contribution in [1.29, 1.82) is 0 Å².